The number of hydrogen-bond acceptors (Lipinski definition) is 3. The number of carbonyl (C=O) groups excluding carboxylic acids is 2. The predicted octanol–water partition coefficient (Wildman–Crippen LogP) is 3.05. The van der Waals surface area contributed by atoms with Crippen LogP contribution in [0.2, 0.25) is 0 Å². The number of rotatable bonds is 8. The highest BCUT2D eigenvalue weighted by atomic mass is 16.2. The minimum Gasteiger partial charge on any atom is -0.330 e. The summed E-state index contributed by atoms with van der Waals surface area (Å²) in [7, 11) is 0. The molecular formula is C17H27N3O2. The second-order valence-electron chi connectivity index (χ2n) is 5.49. The molecule has 0 aliphatic heterocycles. The molecule has 5 nitrogen and oxygen atoms in total. The van der Waals surface area contributed by atoms with Gasteiger partial charge < -0.3 is 16.4 Å². The SMILES string of the molecule is CCC(CC)C(=O)Nc1ccc(C)cc1NC(=O)CCCN. The maximum absolute atomic E-state index is 12.2. The van der Waals surface area contributed by atoms with Gasteiger partial charge in [0.2, 0.25) is 11.8 Å². The molecule has 0 bridgehead atoms. The van der Waals surface area contributed by atoms with Crippen molar-refractivity contribution >= 4 is 23.2 Å². The minimum atomic E-state index is -0.0888. The van der Waals surface area contributed by atoms with Gasteiger partial charge >= 0.3 is 0 Å². The van der Waals surface area contributed by atoms with Crippen molar-refractivity contribution in [3.8, 4) is 0 Å². The summed E-state index contributed by atoms with van der Waals surface area (Å²) in [5.41, 5.74) is 7.72. The van der Waals surface area contributed by atoms with E-state index >= 15 is 0 Å². The Labute approximate surface area is 132 Å². The van der Waals surface area contributed by atoms with Crippen LogP contribution in [0.15, 0.2) is 18.2 Å². The molecule has 0 saturated carbocycles. The molecule has 0 radical (unpaired) electrons. The van der Waals surface area contributed by atoms with Crippen LogP contribution in [-0.2, 0) is 9.59 Å². The first-order valence-electron chi connectivity index (χ1n) is 7.93. The molecule has 1 aromatic rings. The summed E-state index contributed by atoms with van der Waals surface area (Å²) >= 11 is 0. The number of amides is 2. The standard InChI is InChI=1S/C17H27N3O2/c1-4-13(5-2)17(22)20-14-9-8-12(3)11-15(14)19-16(21)7-6-10-18/h8-9,11,13H,4-7,10,18H2,1-3H3,(H,19,21)(H,20,22). The molecule has 122 valence electrons. The minimum absolute atomic E-state index is 0.00805. The molecule has 5 heteroatoms. The molecule has 0 saturated heterocycles. The molecule has 0 unspecified atom stereocenters. The quantitative estimate of drug-likeness (QED) is 0.690. The van der Waals surface area contributed by atoms with Crippen LogP contribution in [0.5, 0.6) is 0 Å². The van der Waals surface area contributed by atoms with Gasteiger partial charge in [0.1, 0.15) is 0 Å². The van der Waals surface area contributed by atoms with Gasteiger partial charge in [-0.05, 0) is 50.4 Å². The Kier molecular flexibility index (Phi) is 7.60. The Morgan fingerprint density at radius 3 is 2.41 bits per heavy atom. The Balaban J connectivity index is 2.86. The number of nitrogens with two attached hydrogens (primary N) is 1. The zero-order chi connectivity index (χ0) is 16.5. The highest BCUT2D eigenvalue weighted by Crippen LogP contribution is 2.24. The highest BCUT2D eigenvalue weighted by Gasteiger charge is 2.16. The monoisotopic (exact) mass is 305 g/mol. The van der Waals surface area contributed by atoms with Gasteiger partial charge in [-0.15, -0.1) is 0 Å². The molecule has 0 fully saturated rings. The predicted molar refractivity (Wildman–Crippen MR) is 90.8 cm³/mol. The topological polar surface area (TPSA) is 84.2 Å². The molecule has 0 atom stereocenters. The van der Waals surface area contributed by atoms with Gasteiger partial charge in [-0.25, -0.2) is 0 Å². The van der Waals surface area contributed by atoms with Crippen molar-refractivity contribution in [2.24, 2.45) is 11.7 Å². The van der Waals surface area contributed by atoms with Crippen molar-refractivity contribution in [2.45, 2.75) is 46.5 Å². The second kappa shape index (κ2) is 9.20. The first kappa shape index (κ1) is 18.2. The van der Waals surface area contributed by atoms with E-state index in [1.165, 1.54) is 0 Å². The molecule has 0 aromatic heterocycles. The third kappa shape index (κ3) is 5.48. The van der Waals surface area contributed by atoms with Crippen LogP contribution >= 0.6 is 0 Å². The fourth-order valence-electron chi connectivity index (χ4n) is 2.24. The number of anilines is 2. The van der Waals surface area contributed by atoms with Gasteiger partial charge in [0.05, 0.1) is 11.4 Å². The van der Waals surface area contributed by atoms with E-state index in [0.717, 1.165) is 18.4 Å². The smallest absolute Gasteiger partial charge is 0.227 e. The number of hydrogen-bond donors (Lipinski definition) is 3. The molecule has 0 heterocycles. The molecule has 2 amide bonds. The van der Waals surface area contributed by atoms with E-state index in [0.29, 0.717) is 30.8 Å². The van der Waals surface area contributed by atoms with Crippen LogP contribution in [0.4, 0.5) is 11.4 Å². The first-order valence-corrected chi connectivity index (χ1v) is 7.93. The number of benzene rings is 1. The summed E-state index contributed by atoms with van der Waals surface area (Å²) in [6, 6.07) is 5.61. The maximum atomic E-state index is 12.2. The molecule has 22 heavy (non-hydrogen) atoms. The van der Waals surface area contributed by atoms with Gasteiger partial charge in [-0.1, -0.05) is 19.9 Å². The third-order valence-electron chi connectivity index (χ3n) is 3.67. The molecule has 1 rings (SSSR count). The second-order valence-corrected chi connectivity index (χ2v) is 5.49. The summed E-state index contributed by atoms with van der Waals surface area (Å²) < 4.78 is 0. The third-order valence-corrected chi connectivity index (χ3v) is 3.67. The van der Waals surface area contributed by atoms with Crippen molar-refractivity contribution in [1.82, 2.24) is 0 Å². The van der Waals surface area contributed by atoms with Crippen molar-refractivity contribution < 1.29 is 9.59 Å². The van der Waals surface area contributed by atoms with Crippen molar-refractivity contribution in [3.05, 3.63) is 23.8 Å². The maximum Gasteiger partial charge on any atom is 0.227 e. The first-order chi connectivity index (χ1) is 10.5. The van der Waals surface area contributed by atoms with Gasteiger partial charge in [-0.3, -0.25) is 9.59 Å². The zero-order valence-corrected chi connectivity index (χ0v) is 13.7. The van der Waals surface area contributed by atoms with E-state index in [9.17, 15) is 9.59 Å². The highest BCUT2D eigenvalue weighted by molar-refractivity contribution is 6.00. The Morgan fingerprint density at radius 1 is 1.14 bits per heavy atom. The average molecular weight is 305 g/mol. The summed E-state index contributed by atoms with van der Waals surface area (Å²) in [6.07, 6.45) is 2.62. The lowest BCUT2D eigenvalue weighted by molar-refractivity contribution is -0.120. The van der Waals surface area contributed by atoms with E-state index in [2.05, 4.69) is 10.6 Å². The summed E-state index contributed by atoms with van der Waals surface area (Å²) in [4.78, 5) is 24.1. The van der Waals surface area contributed by atoms with Gasteiger partial charge in [0.15, 0.2) is 0 Å². The van der Waals surface area contributed by atoms with Crippen LogP contribution in [-0.4, -0.2) is 18.4 Å². The number of nitrogens with one attached hydrogen (secondary N) is 2. The molecule has 4 N–H and O–H groups in total. The van der Waals surface area contributed by atoms with E-state index < -0.39 is 0 Å². The van der Waals surface area contributed by atoms with Crippen LogP contribution in [0.3, 0.4) is 0 Å². The molecule has 0 aliphatic carbocycles. The van der Waals surface area contributed by atoms with E-state index in [-0.39, 0.29) is 17.7 Å². The van der Waals surface area contributed by atoms with Crippen LogP contribution < -0.4 is 16.4 Å². The van der Waals surface area contributed by atoms with Crippen LogP contribution in [0, 0.1) is 12.8 Å². The van der Waals surface area contributed by atoms with E-state index in [4.69, 9.17) is 5.73 Å². The molecule has 1 aromatic carbocycles. The van der Waals surface area contributed by atoms with Crippen LogP contribution in [0.1, 0.15) is 45.1 Å². The largest absolute Gasteiger partial charge is 0.330 e. The molecule has 0 aliphatic rings. The van der Waals surface area contributed by atoms with Crippen molar-refractivity contribution in [1.29, 1.82) is 0 Å². The normalized spacial score (nSPS) is 10.6. The molecular weight excluding hydrogens is 278 g/mol. The van der Waals surface area contributed by atoms with Gasteiger partial charge in [0.25, 0.3) is 0 Å². The van der Waals surface area contributed by atoms with Gasteiger partial charge in [-0.2, -0.15) is 0 Å². The summed E-state index contributed by atoms with van der Waals surface area (Å²) in [5, 5.41) is 5.78. The Hall–Kier alpha value is -1.88. The van der Waals surface area contributed by atoms with Crippen molar-refractivity contribution in [2.75, 3.05) is 17.2 Å². The average Bonchev–Trinajstić information content (AvgIpc) is 2.49. The number of carbonyl (C=O) groups is 2. The van der Waals surface area contributed by atoms with Gasteiger partial charge in [0, 0.05) is 12.3 Å². The fourth-order valence-corrected chi connectivity index (χ4v) is 2.24. The van der Waals surface area contributed by atoms with E-state index in [1.807, 2.05) is 39.0 Å². The van der Waals surface area contributed by atoms with E-state index in [1.54, 1.807) is 0 Å². The summed E-state index contributed by atoms with van der Waals surface area (Å²) in [6.45, 7) is 6.43. The fraction of sp³-hybridized carbons (Fsp3) is 0.529. The van der Waals surface area contributed by atoms with Crippen LogP contribution in [0.25, 0.3) is 0 Å². The molecule has 0 spiro atoms. The number of aryl methyl sites for hydroxylation is 1. The lowest BCUT2D eigenvalue weighted by atomic mass is 10.0. The summed E-state index contributed by atoms with van der Waals surface area (Å²) in [5.74, 6) is -0.109. The lowest BCUT2D eigenvalue weighted by Gasteiger charge is -2.16. The lowest BCUT2D eigenvalue weighted by Crippen LogP contribution is -2.23. The zero-order valence-electron chi connectivity index (χ0n) is 13.7. The van der Waals surface area contributed by atoms with Crippen molar-refractivity contribution in [3.63, 3.8) is 0 Å². The Morgan fingerprint density at radius 2 is 1.82 bits per heavy atom. The Bertz CT molecular complexity index is 511.